The van der Waals surface area contributed by atoms with E-state index in [4.69, 9.17) is 27.9 Å². The first-order valence-electron chi connectivity index (χ1n) is 9.52. The standard InChI is InChI=1S/C22H22Cl2N4O2S/c1-3-10-28-20(13-30-19-11-15(2)4-9-18(19)24)26-27-22(28)31-14-21(29)25-12-16-5-7-17(23)8-6-16/h3-9,11H,1,10,12-14H2,2H3,(H,25,29). The summed E-state index contributed by atoms with van der Waals surface area (Å²) in [6.45, 7) is 6.90. The number of carbonyl (C=O) groups is 1. The molecule has 1 aromatic heterocycles. The molecule has 0 fully saturated rings. The van der Waals surface area contributed by atoms with Crippen molar-refractivity contribution in [2.24, 2.45) is 0 Å². The molecule has 0 aliphatic heterocycles. The van der Waals surface area contributed by atoms with Crippen molar-refractivity contribution in [3.8, 4) is 5.75 Å². The lowest BCUT2D eigenvalue weighted by Crippen LogP contribution is -2.24. The normalized spacial score (nSPS) is 10.7. The summed E-state index contributed by atoms with van der Waals surface area (Å²) >= 11 is 13.4. The molecule has 0 radical (unpaired) electrons. The number of aryl methyl sites for hydroxylation is 1. The van der Waals surface area contributed by atoms with Crippen LogP contribution in [0.2, 0.25) is 10.0 Å². The Morgan fingerprint density at radius 1 is 1.23 bits per heavy atom. The van der Waals surface area contributed by atoms with E-state index in [1.807, 2.05) is 35.8 Å². The van der Waals surface area contributed by atoms with Gasteiger partial charge in [-0.2, -0.15) is 0 Å². The zero-order valence-corrected chi connectivity index (χ0v) is 19.3. The molecule has 162 valence electrons. The van der Waals surface area contributed by atoms with Gasteiger partial charge >= 0.3 is 0 Å². The molecule has 3 rings (SSSR count). The summed E-state index contributed by atoms with van der Waals surface area (Å²) < 4.78 is 7.71. The summed E-state index contributed by atoms with van der Waals surface area (Å²) in [5, 5.41) is 13.1. The molecule has 2 aromatic carbocycles. The minimum absolute atomic E-state index is 0.0996. The molecule has 1 N–H and O–H groups in total. The summed E-state index contributed by atoms with van der Waals surface area (Å²) in [5.74, 6) is 1.33. The van der Waals surface area contributed by atoms with Crippen molar-refractivity contribution in [1.82, 2.24) is 20.1 Å². The van der Waals surface area contributed by atoms with Gasteiger partial charge in [-0.05, 0) is 42.3 Å². The quantitative estimate of drug-likeness (QED) is 0.326. The predicted molar refractivity (Wildman–Crippen MR) is 125 cm³/mol. The van der Waals surface area contributed by atoms with Crippen LogP contribution in [0.15, 0.2) is 60.3 Å². The number of thioether (sulfide) groups is 1. The summed E-state index contributed by atoms with van der Waals surface area (Å²) in [5.41, 5.74) is 2.03. The SMILES string of the molecule is C=CCn1c(COc2cc(C)ccc2Cl)nnc1SCC(=O)NCc1ccc(Cl)cc1. The zero-order valence-electron chi connectivity index (χ0n) is 17.0. The highest BCUT2D eigenvalue weighted by Gasteiger charge is 2.15. The highest BCUT2D eigenvalue weighted by atomic mass is 35.5. The molecule has 0 bridgehead atoms. The van der Waals surface area contributed by atoms with Crippen LogP contribution in [0.3, 0.4) is 0 Å². The van der Waals surface area contributed by atoms with Crippen LogP contribution < -0.4 is 10.1 Å². The molecule has 31 heavy (non-hydrogen) atoms. The van der Waals surface area contributed by atoms with Crippen LogP contribution in [0.1, 0.15) is 17.0 Å². The fourth-order valence-corrected chi connectivity index (χ4v) is 3.79. The number of nitrogens with zero attached hydrogens (tertiary/aromatic N) is 3. The van der Waals surface area contributed by atoms with Gasteiger partial charge in [0.15, 0.2) is 11.0 Å². The van der Waals surface area contributed by atoms with Gasteiger partial charge in [-0.1, -0.05) is 59.2 Å². The lowest BCUT2D eigenvalue weighted by Gasteiger charge is -2.11. The molecule has 0 unspecified atom stereocenters. The number of aromatic nitrogens is 3. The van der Waals surface area contributed by atoms with Crippen molar-refractivity contribution >= 4 is 40.9 Å². The Labute approximate surface area is 195 Å². The molecule has 1 amide bonds. The summed E-state index contributed by atoms with van der Waals surface area (Å²) in [4.78, 5) is 12.2. The monoisotopic (exact) mass is 476 g/mol. The molecule has 3 aromatic rings. The minimum atomic E-state index is -0.0996. The summed E-state index contributed by atoms with van der Waals surface area (Å²) in [7, 11) is 0. The molecule has 0 atom stereocenters. The Morgan fingerprint density at radius 3 is 2.74 bits per heavy atom. The lowest BCUT2D eigenvalue weighted by molar-refractivity contribution is -0.118. The molecular formula is C22H22Cl2N4O2S. The van der Waals surface area contributed by atoms with E-state index in [-0.39, 0.29) is 18.3 Å². The van der Waals surface area contributed by atoms with Gasteiger partial charge in [-0.3, -0.25) is 9.36 Å². The van der Waals surface area contributed by atoms with Gasteiger partial charge in [-0.15, -0.1) is 16.8 Å². The molecule has 1 heterocycles. The fourth-order valence-electron chi connectivity index (χ4n) is 2.69. The molecule has 6 nitrogen and oxygen atoms in total. The van der Waals surface area contributed by atoms with Crippen LogP contribution >= 0.6 is 35.0 Å². The smallest absolute Gasteiger partial charge is 0.230 e. The second kappa shape index (κ2) is 11.2. The van der Waals surface area contributed by atoms with Crippen LogP contribution in [0.25, 0.3) is 0 Å². The Bertz CT molecular complexity index is 1050. The third-order valence-electron chi connectivity index (χ3n) is 4.28. The number of allylic oxidation sites excluding steroid dienone is 1. The van der Waals surface area contributed by atoms with Crippen molar-refractivity contribution in [3.63, 3.8) is 0 Å². The largest absolute Gasteiger partial charge is 0.484 e. The van der Waals surface area contributed by atoms with E-state index < -0.39 is 0 Å². The van der Waals surface area contributed by atoms with E-state index >= 15 is 0 Å². The molecule has 0 saturated heterocycles. The molecule has 0 spiro atoms. The number of benzene rings is 2. The predicted octanol–water partition coefficient (Wildman–Crippen LogP) is 5.07. The summed E-state index contributed by atoms with van der Waals surface area (Å²) in [6.07, 6.45) is 1.75. The minimum Gasteiger partial charge on any atom is -0.484 e. The topological polar surface area (TPSA) is 69.0 Å². The number of amides is 1. The number of ether oxygens (including phenoxy) is 1. The number of nitrogens with one attached hydrogen (secondary N) is 1. The van der Waals surface area contributed by atoms with Crippen molar-refractivity contribution in [2.75, 3.05) is 5.75 Å². The maximum atomic E-state index is 12.2. The van der Waals surface area contributed by atoms with Gasteiger partial charge in [0.1, 0.15) is 12.4 Å². The Kier molecular flexibility index (Phi) is 8.40. The van der Waals surface area contributed by atoms with Crippen molar-refractivity contribution < 1.29 is 9.53 Å². The number of carbonyl (C=O) groups excluding carboxylic acids is 1. The van der Waals surface area contributed by atoms with Gasteiger partial charge in [0, 0.05) is 18.1 Å². The maximum Gasteiger partial charge on any atom is 0.230 e. The van der Waals surface area contributed by atoms with Crippen LogP contribution in [0.4, 0.5) is 0 Å². The van der Waals surface area contributed by atoms with Crippen molar-refractivity contribution in [3.05, 3.63) is 82.1 Å². The first kappa shape index (κ1) is 23.2. The van der Waals surface area contributed by atoms with E-state index in [1.165, 1.54) is 11.8 Å². The molecule has 0 aliphatic rings. The van der Waals surface area contributed by atoms with Gasteiger partial charge in [-0.25, -0.2) is 0 Å². The molecule has 0 aliphatic carbocycles. The second-order valence-corrected chi connectivity index (χ2v) is 8.50. The van der Waals surface area contributed by atoms with Gasteiger partial charge in [0.25, 0.3) is 0 Å². The van der Waals surface area contributed by atoms with E-state index in [0.29, 0.717) is 39.9 Å². The number of hydrogen-bond donors (Lipinski definition) is 1. The van der Waals surface area contributed by atoms with Crippen molar-refractivity contribution in [2.45, 2.75) is 31.8 Å². The van der Waals surface area contributed by atoms with Crippen LogP contribution in [0.5, 0.6) is 5.75 Å². The molecular weight excluding hydrogens is 455 g/mol. The van der Waals surface area contributed by atoms with E-state index in [2.05, 4.69) is 22.1 Å². The van der Waals surface area contributed by atoms with E-state index in [1.54, 1.807) is 24.3 Å². The third kappa shape index (κ3) is 6.75. The van der Waals surface area contributed by atoms with E-state index in [0.717, 1.165) is 11.1 Å². The van der Waals surface area contributed by atoms with E-state index in [9.17, 15) is 4.79 Å². The van der Waals surface area contributed by atoms with Crippen LogP contribution in [-0.4, -0.2) is 26.4 Å². The van der Waals surface area contributed by atoms with Crippen LogP contribution in [0, 0.1) is 6.92 Å². The third-order valence-corrected chi connectivity index (χ3v) is 5.81. The first-order chi connectivity index (χ1) is 15.0. The number of rotatable bonds is 10. The average molecular weight is 477 g/mol. The van der Waals surface area contributed by atoms with Gasteiger partial charge < -0.3 is 10.1 Å². The summed E-state index contributed by atoms with van der Waals surface area (Å²) in [6, 6.07) is 12.9. The highest BCUT2D eigenvalue weighted by molar-refractivity contribution is 7.99. The Morgan fingerprint density at radius 2 is 2.00 bits per heavy atom. The average Bonchev–Trinajstić information content (AvgIpc) is 3.14. The first-order valence-corrected chi connectivity index (χ1v) is 11.3. The Hall–Kier alpha value is -2.48. The Balaban J connectivity index is 1.57. The lowest BCUT2D eigenvalue weighted by atomic mass is 10.2. The van der Waals surface area contributed by atoms with Gasteiger partial charge in [0.05, 0.1) is 10.8 Å². The van der Waals surface area contributed by atoms with Crippen LogP contribution in [-0.2, 0) is 24.5 Å². The van der Waals surface area contributed by atoms with Gasteiger partial charge in [0.2, 0.25) is 5.91 Å². The van der Waals surface area contributed by atoms with Crippen molar-refractivity contribution in [1.29, 1.82) is 0 Å². The number of halogens is 2. The maximum absolute atomic E-state index is 12.2. The molecule has 0 saturated carbocycles. The second-order valence-electron chi connectivity index (χ2n) is 6.71. The zero-order chi connectivity index (χ0) is 22.2. The fraction of sp³-hybridized carbons (Fsp3) is 0.227. The number of hydrogen-bond acceptors (Lipinski definition) is 5. The highest BCUT2D eigenvalue weighted by Crippen LogP contribution is 2.26. The molecule has 9 heteroatoms.